The Morgan fingerprint density at radius 3 is 2.40 bits per heavy atom. The molecule has 1 unspecified atom stereocenters. The van der Waals surface area contributed by atoms with Gasteiger partial charge in [0.2, 0.25) is 0 Å². The molecule has 1 fully saturated rings. The van der Waals surface area contributed by atoms with Gasteiger partial charge < -0.3 is 0 Å². The molecule has 0 nitrogen and oxygen atoms in total. The maximum atomic E-state index is 15.1. The summed E-state index contributed by atoms with van der Waals surface area (Å²) in [6.45, 7) is 2.09. The zero-order valence-corrected chi connectivity index (χ0v) is 17.4. The molecule has 0 aliphatic heterocycles. The fourth-order valence-electron chi connectivity index (χ4n) is 5.13. The fourth-order valence-corrected chi connectivity index (χ4v) is 5.13. The zero-order valence-electron chi connectivity index (χ0n) is 17.4. The smallest absolute Gasteiger partial charge is 0.160 e. The first kappa shape index (κ1) is 20.8. The maximum Gasteiger partial charge on any atom is 0.160 e. The first-order chi connectivity index (χ1) is 14.5. The summed E-state index contributed by atoms with van der Waals surface area (Å²) in [5.74, 6) is 5.56. The standard InChI is InChI=1S/C27H27F3/c1-2-3-18-4-8-20(9-5-18)22-13-14-24-23(17-22)12-11-21(27(24)30)10-6-19-7-15-25(28)26(29)16-19/h2-3,7,11-12,15-16,18,20,22H,4-5,8-9,13-14,17H2,1H3/b3-2+. The van der Waals surface area contributed by atoms with E-state index in [4.69, 9.17) is 0 Å². The van der Waals surface area contributed by atoms with E-state index in [0.717, 1.165) is 54.4 Å². The molecular weight excluding hydrogens is 381 g/mol. The summed E-state index contributed by atoms with van der Waals surface area (Å²) >= 11 is 0. The van der Waals surface area contributed by atoms with Crippen molar-refractivity contribution in [1.29, 1.82) is 0 Å². The van der Waals surface area contributed by atoms with E-state index in [1.807, 2.05) is 6.07 Å². The van der Waals surface area contributed by atoms with Crippen LogP contribution in [0.4, 0.5) is 13.2 Å². The van der Waals surface area contributed by atoms with Gasteiger partial charge in [0.1, 0.15) is 5.82 Å². The topological polar surface area (TPSA) is 0 Å². The van der Waals surface area contributed by atoms with Gasteiger partial charge in [0, 0.05) is 5.56 Å². The van der Waals surface area contributed by atoms with Gasteiger partial charge in [0.25, 0.3) is 0 Å². The third kappa shape index (κ3) is 4.48. The van der Waals surface area contributed by atoms with E-state index in [0.29, 0.717) is 17.0 Å². The highest BCUT2D eigenvalue weighted by molar-refractivity contribution is 5.47. The number of fused-ring (bicyclic) bond motifs is 1. The van der Waals surface area contributed by atoms with Crippen LogP contribution in [0.25, 0.3) is 0 Å². The van der Waals surface area contributed by atoms with Gasteiger partial charge >= 0.3 is 0 Å². The van der Waals surface area contributed by atoms with Crippen LogP contribution in [0.5, 0.6) is 0 Å². The fraction of sp³-hybridized carbons (Fsp3) is 0.407. The molecule has 2 aliphatic rings. The first-order valence-electron chi connectivity index (χ1n) is 10.9. The molecule has 2 aromatic carbocycles. The Hall–Kier alpha value is -2.47. The second-order valence-corrected chi connectivity index (χ2v) is 8.65. The van der Waals surface area contributed by atoms with Crippen molar-refractivity contribution in [2.75, 3.05) is 0 Å². The van der Waals surface area contributed by atoms with Crippen molar-refractivity contribution < 1.29 is 13.2 Å². The molecule has 1 saturated carbocycles. The van der Waals surface area contributed by atoms with E-state index in [-0.39, 0.29) is 5.82 Å². The Balaban J connectivity index is 1.47. The Bertz CT molecular complexity index is 1000. The molecule has 0 saturated heterocycles. The van der Waals surface area contributed by atoms with Gasteiger partial charge in [-0.15, -0.1) is 0 Å². The molecule has 2 aliphatic carbocycles. The molecule has 0 amide bonds. The quantitative estimate of drug-likeness (QED) is 0.371. The van der Waals surface area contributed by atoms with E-state index < -0.39 is 11.6 Å². The highest BCUT2D eigenvalue weighted by Crippen LogP contribution is 2.40. The average molecular weight is 409 g/mol. The normalized spacial score (nSPS) is 23.7. The Kier molecular flexibility index (Phi) is 6.32. The molecule has 0 bridgehead atoms. The molecule has 30 heavy (non-hydrogen) atoms. The molecule has 0 radical (unpaired) electrons. The predicted octanol–water partition coefficient (Wildman–Crippen LogP) is 6.99. The Morgan fingerprint density at radius 1 is 0.867 bits per heavy atom. The number of benzene rings is 2. The first-order valence-corrected chi connectivity index (χ1v) is 10.9. The largest absolute Gasteiger partial charge is 0.205 e. The van der Waals surface area contributed by atoms with Gasteiger partial charge in [-0.2, -0.15) is 0 Å². The average Bonchev–Trinajstić information content (AvgIpc) is 2.76. The molecule has 0 heterocycles. The Morgan fingerprint density at radius 2 is 1.67 bits per heavy atom. The van der Waals surface area contributed by atoms with E-state index in [1.165, 1.54) is 31.7 Å². The second kappa shape index (κ2) is 9.13. The third-order valence-corrected chi connectivity index (χ3v) is 6.80. The molecular formula is C27H27F3. The predicted molar refractivity (Wildman–Crippen MR) is 115 cm³/mol. The summed E-state index contributed by atoms with van der Waals surface area (Å²) in [5.41, 5.74) is 2.55. The molecule has 0 spiro atoms. The number of allylic oxidation sites excluding steroid dienone is 2. The number of halogens is 3. The maximum absolute atomic E-state index is 15.1. The van der Waals surface area contributed by atoms with E-state index in [1.54, 1.807) is 6.07 Å². The zero-order chi connectivity index (χ0) is 21.1. The van der Waals surface area contributed by atoms with E-state index in [2.05, 4.69) is 30.9 Å². The van der Waals surface area contributed by atoms with Crippen LogP contribution in [0.15, 0.2) is 42.5 Å². The minimum atomic E-state index is -0.946. The van der Waals surface area contributed by atoms with Crippen molar-refractivity contribution in [1.82, 2.24) is 0 Å². The van der Waals surface area contributed by atoms with Crippen LogP contribution in [-0.4, -0.2) is 0 Å². The summed E-state index contributed by atoms with van der Waals surface area (Å²) in [4.78, 5) is 0. The summed E-state index contributed by atoms with van der Waals surface area (Å²) < 4.78 is 41.4. The van der Waals surface area contributed by atoms with Gasteiger partial charge in [-0.3, -0.25) is 0 Å². The van der Waals surface area contributed by atoms with Crippen LogP contribution in [0, 0.1) is 47.0 Å². The molecule has 1 atom stereocenters. The molecule has 2 aromatic rings. The van der Waals surface area contributed by atoms with Crippen LogP contribution in [0.3, 0.4) is 0 Å². The molecule has 0 aromatic heterocycles. The van der Waals surface area contributed by atoms with Crippen molar-refractivity contribution >= 4 is 0 Å². The van der Waals surface area contributed by atoms with Crippen LogP contribution >= 0.6 is 0 Å². The van der Waals surface area contributed by atoms with Crippen LogP contribution in [0.1, 0.15) is 61.3 Å². The molecule has 156 valence electrons. The van der Waals surface area contributed by atoms with Crippen molar-refractivity contribution in [2.45, 2.75) is 51.9 Å². The van der Waals surface area contributed by atoms with E-state index >= 15 is 4.39 Å². The van der Waals surface area contributed by atoms with E-state index in [9.17, 15) is 8.78 Å². The Labute approximate surface area is 177 Å². The lowest BCUT2D eigenvalue weighted by Gasteiger charge is -2.36. The lowest BCUT2D eigenvalue weighted by Crippen LogP contribution is -2.26. The summed E-state index contributed by atoms with van der Waals surface area (Å²) in [6, 6.07) is 7.21. The van der Waals surface area contributed by atoms with Crippen molar-refractivity contribution in [2.24, 2.45) is 17.8 Å². The lowest BCUT2D eigenvalue weighted by atomic mass is 9.69. The van der Waals surface area contributed by atoms with Gasteiger partial charge in [0.15, 0.2) is 11.6 Å². The number of rotatable bonds is 2. The third-order valence-electron chi connectivity index (χ3n) is 6.80. The summed E-state index contributed by atoms with van der Waals surface area (Å²) in [5, 5.41) is 0. The van der Waals surface area contributed by atoms with Gasteiger partial charge in [-0.25, -0.2) is 13.2 Å². The van der Waals surface area contributed by atoms with Crippen LogP contribution in [0.2, 0.25) is 0 Å². The summed E-state index contributed by atoms with van der Waals surface area (Å²) in [6.07, 6.45) is 12.3. The van der Waals surface area contributed by atoms with Crippen LogP contribution < -0.4 is 0 Å². The second-order valence-electron chi connectivity index (χ2n) is 8.65. The monoisotopic (exact) mass is 408 g/mol. The molecule has 0 N–H and O–H groups in total. The minimum absolute atomic E-state index is 0.252. The SMILES string of the molecule is C/C=C/C1CCC(C2CCc3c(ccc(C#Cc4ccc(F)c(F)c4)c3F)C2)CC1. The summed E-state index contributed by atoms with van der Waals surface area (Å²) in [7, 11) is 0. The number of hydrogen-bond acceptors (Lipinski definition) is 0. The van der Waals surface area contributed by atoms with Gasteiger partial charge in [-0.1, -0.05) is 30.1 Å². The molecule has 3 heteroatoms. The lowest BCUT2D eigenvalue weighted by molar-refractivity contribution is 0.205. The molecule has 4 rings (SSSR count). The minimum Gasteiger partial charge on any atom is -0.205 e. The van der Waals surface area contributed by atoms with Crippen LogP contribution in [-0.2, 0) is 12.8 Å². The number of hydrogen-bond donors (Lipinski definition) is 0. The van der Waals surface area contributed by atoms with Crippen molar-refractivity contribution in [3.8, 4) is 11.8 Å². The highest BCUT2D eigenvalue weighted by Gasteiger charge is 2.30. The highest BCUT2D eigenvalue weighted by atomic mass is 19.2. The van der Waals surface area contributed by atoms with Gasteiger partial charge in [-0.05, 0) is 105 Å². The van der Waals surface area contributed by atoms with Gasteiger partial charge in [0.05, 0.1) is 5.56 Å². The van der Waals surface area contributed by atoms with Crippen molar-refractivity contribution in [3.05, 3.63) is 82.2 Å². The van der Waals surface area contributed by atoms with Crippen molar-refractivity contribution in [3.63, 3.8) is 0 Å².